The molecule has 2 rings (SSSR count). The van der Waals surface area contributed by atoms with Gasteiger partial charge in [0, 0.05) is 19.6 Å². The van der Waals surface area contributed by atoms with Crippen molar-refractivity contribution in [3.63, 3.8) is 0 Å². The van der Waals surface area contributed by atoms with Gasteiger partial charge in [0.05, 0.1) is 19.3 Å². The number of likely N-dealkylation sites (tertiary alicyclic amines) is 1. The Balaban J connectivity index is 2.01. The number of ether oxygens (including phenoxy) is 1. The van der Waals surface area contributed by atoms with Crippen molar-refractivity contribution in [1.29, 1.82) is 5.26 Å². The molecular weight excluding hydrogens is 226 g/mol. The summed E-state index contributed by atoms with van der Waals surface area (Å²) < 4.78 is 5.41. The Hall–Kier alpha value is -0.630. The lowest BCUT2D eigenvalue weighted by molar-refractivity contribution is -0.00792. The van der Waals surface area contributed by atoms with Crippen LogP contribution < -0.4 is 0 Å². The Morgan fingerprint density at radius 3 is 2.61 bits per heavy atom. The van der Waals surface area contributed by atoms with E-state index in [-0.39, 0.29) is 5.54 Å². The maximum atomic E-state index is 9.68. The Bertz CT molecular complexity index is 296. The molecule has 2 fully saturated rings. The van der Waals surface area contributed by atoms with Crippen molar-refractivity contribution in [2.24, 2.45) is 0 Å². The minimum atomic E-state index is -0.230. The molecule has 2 aliphatic heterocycles. The van der Waals surface area contributed by atoms with E-state index in [9.17, 15) is 5.26 Å². The van der Waals surface area contributed by atoms with Crippen molar-refractivity contribution < 1.29 is 4.74 Å². The minimum Gasteiger partial charge on any atom is -0.379 e. The van der Waals surface area contributed by atoms with Crippen LogP contribution in [-0.4, -0.2) is 61.3 Å². The molecule has 2 aliphatic rings. The van der Waals surface area contributed by atoms with Gasteiger partial charge in [-0.25, -0.2) is 0 Å². The highest BCUT2D eigenvalue weighted by Crippen LogP contribution is 2.29. The lowest BCUT2D eigenvalue weighted by atomic mass is 9.89. The molecule has 0 bridgehead atoms. The van der Waals surface area contributed by atoms with Crippen molar-refractivity contribution in [2.75, 3.05) is 45.9 Å². The van der Waals surface area contributed by atoms with E-state index in [2.05, 4.69) is 22.8 Å². The van der Waals surface area contributed by atoms with E-state index in [1.807, 2.05) is 0 Å². The van der Waals surface area contributed by atoms with Crippen LogP contribution in [-0.2, 0) is 4.74 Å². The standard InChI is InChI=1S/C14H25N3O/c1-2-6-16-7-3-4-14(13-15,5-8-16)17-9-11-18-12-10-17/h2-12H2,1H3. The molecule has 0 aromatic heterocycles. The van der Waals surface area contributed by atoms with Gasteiger partial charge in [-0.1, -0.05) is 6.92 Å². The van der Waals surface area contributed by atoms with Crippen LogP contribution in [0.25, 0.3) is 0 Å². The molecule has 102 valence electrons. The van der Waals surface area contributed by atoms with E-state index in [1.165, 1.54) is 13.0 Å². The number of rotatable bonds is 3. The molecule has 0 aromatic carbocycles. The van der Waals surface area contributed by atoms with Crippen LogP contribution >= 0.6 is 0 Å². The maximum Gasteiger partial charge on any atom is 0.110 e. The molecular formula is C14H25N3O. The van der Waals surface area contributed by atoms with Gasteiger partial charge in [0.15, 0.2) is 0 Å². The second-order valence-corrected chi connectivity index (χ2v) is 5.44. The molecule has 2 heterocycles. The highest BCUT2D eigenvalue weighted by molar-refractivity contribution is 5.10. The summed E-state index contributed by atoms with van der Waals surface area (Å²) in [5.74, 6) is 0. The largest absolute Gasteiger partial charge is 0.379 e. The highest BCUT2D eigenvalue weighted by Gasteiger charge is 2.38. The first-order valence-electron chi connectivity index (χ1n) is 7.27. The van der Waals surface area contributed by atoms with Gasteiger partial charge in [0.2, 0.25) is 0 Å². The molecule has 0 N–H and O–H groups in total. The Morgan fingerprint density at radius 1 is 1.17 bits per heavy atom. The number of nitrogens with zero attached hydrogens (tertiary/aromatic N) is 3. The van der Waals surface area contributed by atoms with Crippen molar-refractivity contribution >= 4 is 0 Å². The topological polar surface area (TPSA) is 39.5 Å². The first-order chi connectivity index (χ1) is 8.80. The van der Waals surface area contributed by atoms with Gasteiger partial charge < -0.3 is 9.64 Å². The third kappa shape index (κ3) is 3.03. The number of hydrogen-bond acceptors (Lipinski definition) is 4. The smallest absolute Gasteiger partial charge is 0.110 e. The predicted octanol–water partition coefficient (Wildman–Crippen LogP) is 1.48. The van der Waals surface area contributed by atoms with Gasteiger partial charge in [-0.15, -0.1) is 0 Å². The summed E-state index contributed by atoms with van der Waals surface area (Å²) in [5, 5.41) is 9.68. The third-order valence-corrected chi connectivity index (χ3v) is 4.27. The van der Waals surface area contributed by atoms with Crippen LogP contribution in [0, 0.1) is 11.3 Å². The van der Waals surface area contributed by atoms with Gasteiger partial charge in [-0.2, -0.15) is 5.26 Å². The monoisotopic (exact) mass is 251 g/mol. The van der Waals surface area contributed by atoms with Crippen LogP contribution in [0.2, 0.25) is 0 Å². The molecule has 1 atom stereocenters. The van der Waals surface area contributed by atoms with E-state index in [0.717, 1.165) is 58.7 Å². The lowest BCUT2D eigenvalue weighted by Gasteiger charge is -2.40. The molecule has 0 saturated carbocycles. The van der Waals surface area contributed by atoms with Crippen LogP contribution in [0.15, 0.2) is 0 Å². The summed E-state index contributed by atoms with van der Waals surface area (Å²) >= 11 is 0. The maximum absolute atomic E-state index is 9.68. The summed E-state index contributed by atoms with van der Waals surface area (Å²) in [4.78, 5) is 4.88. The molecule has 4 nitrogen and oxygen atoms in total. The zero-order chi connectivity index (χ0) is 12.8. The molecule has 0 amide bonds. The summed E-state index contributed by atoms with van der Waals surface area (Å²) in [6.45, 7) is 9.02. The van der Waals surface area contributed by atoms with E-state index in [4.69, 9.17) is 4.74 Å². The summed E-state index contributed by atoms with van der Waals surface area (Å²) in [6.07, 6.45) is 4.36. The number of morpholine rings is 1. The Kier molecular flexibility index (Phi) is 4.99. The van der Waals surface area contributed by atoms with E-state index < -0.39 is 0 Å². The van der Waals surface area contributed by atoms with Crippen molar-refractivity contribution in [1.82, 2.24) is 9.80 Å². The van der Waals surface area contributed by atoms with Gasteiger partial charge in [0.1, 0.15) is 5.54 Å². The van der Waals surface area contributed by atoms with Gasteiger partial charge in [-0.3, -0.25) is 4.90 Å². The van der Waals surface area contributed by atoms with E-state index >= 15 is 0 Å². The first-order valence-corrected chi connectivity index (χ1v) is 7.27. The molecule has 1 unspecified atom stereocenters. The van der Waals surface area contributed by atoms with Gasteiger partial charge in [-0.05, 0) is 38.8 Å². The molecule has 4 heteroatoms. The fourth-order valence-electron chi connectivity index (χ4n) is 3.20. The molecule has 18 heavy (non-hydrogen) atoms. The average Bonchev–Trinajstić information content (AvgIpc) is 2.64. The number of nitriles is 1. The van der Waals surface area contributed by atoms with Crippen LogP contribution in [0.4, 0.5) is 0 Å². The lowest BCUT2D eigenvalue weighted by Crippen LogP contribution is -2.53. The van der Waals surface area contributed by atoms with Gasteiger partial charge >= 0.3 is 0 Å². The van der Waals surface area contributed by atoms with Crippen LogP contribution in [0.1, 0.15) is 32.6 Å². The third-order valence-electron chi connectivity index (χ3n) is 4.27. The number of hydrogen-bond donors (Lipinski definition) is 0. The Morgan fingerprint density at radius 2 is 1.94 bits per heavy atom. The second-order valence-electron chi connectivity index (χ2n) is 5.44. The van der Waals surface area contributed by atoms with Gasteiger partial charge in [0.25, 0.3) is 0 Å². The zero-order valence-corrected chi connectivity index (χ0v) is 11.5. The summed E-state index contributed by atoms with van der Waals surface area (Å²) in [5.41, 5.74) is -0.230. The molecule has 0 aliphatic carbocycles. The van der Waals surface area contributed by atoms with Crippen molar-refractivity contribution in [3.8, 4) is 6.07 Å². The zero-order valence-electron chi connectivity index (χ0n) is 11.5. The van der Waals surface area contributed by atoms with Crippen LogP contribution in [0.5, 0.6) is 0 Å². The summed E-state index contributed by atoms with van der Waals surface area (Å²) in [6, 6.07) is 2.63. The molecule has 0 radical (unpaired) electrons. The molecule has 0 spiro atoms. The van der Waals surface area contributed by atoms with Crippen molar-refractivity contribution in [3.05, 3.63) is 0 Å². The van der Waals surface area contributed by atoms with E-state index in [0.29, 0.717) is 0 Å². The second kappa shape index (κ2) is 6.51. The Labute approximate surface area is 110 Å². The average molecular weight is 251 g/mol. The quantitative estimate of drug-likeness (QED) is 0.761. The predicted molar refractivity (Wildman–Crippen MR) is 71.3 cm³/mol. The first kappa shape index (κ1) is 13.8. The van der Waals surface area contributed by atoms with Crippen molar-refractivity contribution in [2.45, 2.75) is 38.1 Å². The SMILES string of the molecule is CCCN1CCCC(C#N)(N2CCOCC2)CC1. The highest BCUT2D eigenvalue weighted by atomic mass is 16.5. The van der Waals surface area contributed by atoms with Crippen LogP contribution in [0.3, 0.4) is 0 Å². The molecule has 0 aromatic rings. The van der Waals surface area contributed by atoms with E-state index in [1.54, 1.807) is 0 Å². The normalized spacial score (nSPS) is 31.8. The summed E-state index contributed by atoms with van der Waals surface area (Å²) in [7, 11) is 0. The fourth-order valence-corrected chi connectivity index (χ4v) is 3.20. The fraction of sp³-hybridized carbons (Fsp3) is 0.929. The molecule has 2 saturated heterocycles. The minimum absolute atomic E-state index is 0.230.